The summed E-state index contributed by atoms with van der Waals surface area (Å²) in [4.78, 5) is 41.6. The van der Waals surface area contributed by atoms with Gasteiger partial charge >= 0.3 is 11.9 Å². The zero-order chi connectivity index (χ0) is 52.4. The van der Waals surface area contributed by atoms with Gasteiger partial charge in [0.1, 0.15) is 78.0 Å². The van der Waals surface area contributed by atoms with E-state index in [-0.39, 0.29) is 42.6 Å². The molecule has 72 heavy (non-hydrogen) atoms. The third-order valence-corrected chi connectivity index (χ3v) is 17.5. The number of hydrogen-bond acceptors (Lipinski definition) is 20. The summed E-state index contributed by atoms with van der Waals surface area (Å²) in [6, 6.07) is 8.29. The highest BCUT2D eigenvalue weighted by molar-refractivity contribution is 5.90. The Hall–Kier alpha value is -3.29. The third kappa shape index (κ3) is 9.22. The highest BCUT2D eigenvalue weighted by atomic mass is 16.8. The van der Waals surface area contributed by atoms with E-state index in [0.717, 1.165) is 5.57 Å². The molecule has 3 aliphatic heterocycles. The SMILES string of the molecule is C/C=C(\C)C(=O)O[C@@H]1[C@@H](OC(=O)c2ccccc2)[C@]2(C)[C@@H](C(C)=O)CC[C@]2(O)[C@]2(O)CC=C3C[C@@H](O[C@H]4C[C@@H](O)[C@H](O[C@@H]5O[C@H](C)[C@@H](O[C@@H]6O[C@H](CO)[C@@H](O)[C@H](O)[C@H]6O)[C@@H](OC)[C@H]5O)[C@@H](C)O4)CC[C@]3(C)[C@@H]12. The Balaban J connectivity index is 0.983. The molecule has 0 radical (unpaired) electrons. The van der Waals surface area contributed by atoms with E-state index in [1.165, 1.54) is 14.0 Å². The van der Waals surface area contributed by atoms with Gasteiger partial charge in [-0.05, 0) is 90.7 Å². The Labute approximate surface area is 419 Å². The summed E-state index contributed by atoms with van der Waals surface area (Å²) in [6.07, 6.45) is -16.0. The van der Waals surface area contributed by atoms with Gasteiger partial charge in [0.15, 0.2) is 18.9 Å². The summed E-state index contributed by atoms with van der Waals surface area (Å²) in [7, 11) is 1.32. The smallest absolute Gasteiger partial charge is 0.338 e. The Morgan fingerprint density at radius 3 is 2.10 bits per heavy atom. The van der Waals surface area contributed by atoms with E-state index in [2.05, 4.69) is 0 Å². The van der Waals surface area contributed by atoms with Crippen molar-refractivity contribution in [1.29, 1.82) is 0 Å². The van der Waals surface area contributed by atoms with Gasteiger partial charge in [0.25, 0.3) is 0 Å². The zero-order valence-electron chi connectivity index (χ0n) is 42.1. The molecule has 8 rings (SSSR count). The highest BCUT2D eigenvalue weighted by Crippen LogP contribution is 2.70. The summed E-state index contributed by atoms with van der Waals surface area (Å²) >= 11 is 0. The van der Waals surface area contributed by atoms with Gasteiger partial charge in [0.2, 0.25) is 0 Å². The number of methoxy groups -OCH3 is 1. The number of esters is 2. The average molecular weight is 1020 g/mol. The van der Waals surface area contributed by atoms with Gasteiger partial charge in [-0.3, -0.25) is 4.79 Å². The number of rotatable bonds is 13. The van der Waals surface area contributed by atoms with Gasteiger partial charge in [0, 0.05) is 36.4 Å². The van der Waals surface area contributed by atoms with Gasteiger partial charge in [-0.1, -0.05) is 49.8 Å². The fraction of sp³-hybridized carbons (Fsp3) is 0.750. The Bertz CT molecular complexity index is 2180. The molecule has 0 aromatic heterocycles. The maximum absolute atomic E-state index is 14.1. The minimum absolute atomic E-state index is 0.0289. The van der Waals surface area contributed by atoms with Gasteiger partial charge in [-0.25, -0.2) is 9.59 Å². The molecule has 4 aliphatic carbocycles. The molecule has 6 fully saturated rings. The van der Waals surface area contributed by atoms with Crippen LogP contribution in [0.4, 0.5) is 0 Å². The number of carbonyl (C=O) groups excluding carboxylic acids is 3. The molecule has 20 nitrogen and oxygen atoms in total. The van der Waals surface area contributed by atoms with Crippen LogP contribution in [0.2, 0.25) is 0 Å². The highest BCUT2D eigenvalue weighted by Gasteiger charge is 2.81. The lowest BCUT2D eigenvalue weighted by atomic mass is 9.42. The Kier molecular flexibility index (Phi) is 16.0. The maximum Gasteiger partial charge on any atom is 0.338 e. The molecule has 3 saturated heterocycles. The van der Waals surface area contributed by atoms with E-state index >= 15 is 0 Å². The summed E-state index contributed by atoms with van der Waals surface area (Å²) in [6.45, 7) is 10.9. The van der Waals surface area contributed by atoms with Crippen molar-refractivity contribution in [3.63, 3.8) is 0 Å². The van der Waals surface area contributed by atoms with E-state index in [4.69, 9.17) is 42.6 Å². The number of ketones is 1. The van der Waals surface area contributed by atoms with E-state index in [1.807, 2.05) is 13.0 Å². The number of fused-ring (bicyclic) bond motifs is 5. The number of carbonyl (C=O) groups is 3. The predicted molar refractivity (Wildman–Crippen MR) is 249 cm³/mol. The summed E-state index contributed by atoms with van der Waals surface area (Å²) in [5, 5.41) is 90.3. The second-order valence-corrected chi connectivity index (χ2v) is 21.5. The van der Waals surface area contributed by atoms with Crippen LogP contribution in [0.1, 0.15) is 104 Å². The molecular weight excluding hydrogens is 945 g/mol. The van der Waals surface area contributed by atoms with Gasteiger partial charge in [-0.2, -0.15) is 0 Å². The normalized spacial score (nSPS) is 47.3. The molecule has 1 aromatic rings. The van der Waals surface area contributed by atoms with E-state index in [0.29, 0.717) is 19.3 Å². The van der Waals surface area contributed by atoms with Gasteiger partial charge in [-0.15, -0.1) is 0 Å². The second kappa shape index (κ2) is 21.0. The number of ether oxygens (including phenoxy) is 9. The minimum Gasteiger partial charge on any atom is -0.455 e. The molecule has 402 valence electrons. The van der Waals surface area contributed by atoms with Crippen molar-refractivity contribution >= 4 is 17.7 Å². The molecule has 0 amide bonds. The Morgan fingerprint density at radius 2 is 1.46 bits per heavy atom. The fourth-order valence-corrected chi connectivity index (χ4v) is 13.4. The van der Waals surface area contributed by atoms with Crippen LogP contribution in [0.25, 0.3) is 0 Å². The van der Waals surface area contributed by atoms with E-state index < -0.39 is 157 Å². The molecular formula is C52H74O20. The van der Waals surface area contributed by atoms with Crippen molar-refractivity contribution < 1.29 is 97.9 Å². The van der Waals surface area contributed by atoms with Crippen molar-refractivity contribution in [3.8, 4) is 0 Å². The first kappa shape index (κ1) is 55.0. The molecule has 0 bridgehead atoms. The first-order valence-corrected chi connectivity index (χ1v) is 25.2. The topological polar surface area (TPSA) is 296 Å². The monoisotopic (exact) mass is 1020 g/mol. The molecule has 1 aromatic carbocycles. The van der Waals surface area contributed by atoms with Crippen LogP contribution in [0.3, 0.4) is 0 Å². The molecule has 3 heterocycles. The molecule has 3 saturated carbocycles. The van der Waals surface area contributed by atoms with Crippen LogP contribution in [0.5, 0.6) is 0 Å². The number of aliphatic hydroxyl groups is 8. The standard InChI is InChI=1S/C52H74O20/c1-9-24(2)45(60)69-42-43-49(6)18-16-30(21-29(49)15-19-51(43,62)52(63)20-17-31(25(3)54)50(52,7)44(42)72-46(61)28-13-11-10-12-14-28)67-34-22-32(55)39(26(4)65-34)70-48-38(59)41(64-8)40(27(5)66-48)71-47-37(58)36(57)35(56)33(23-53)68-47/h9-15,26-27,30-44,47-48,53,55-59,62-63H,16-23H2,1-8H3/b24-9+/t26-,27-,30+,31-,32-,33-,34+,35-,36+,37-,38-,39-,40-,41+,42+,43-,44-,47+,48+,49+,50+,51+,52-/m1/s1. The number of allylic oxidation sites excluding steroid dienone is 1. The number of aliphatic hydroxyl groups excluding tert-OH is 6. The lowest BCUT2D eigenvalue weighted by Crippen LogP contribution is -2.80. The Morgan fingerprint density at radius 1 is 0.792 bits per heavy atom. The number of hydrogen-bond donors (Lipinski definition) is 8. The van der Waals surface area contributed by atoms with Crippen molar-refractivity contribution in [2.75, 3.05) is 13.7 Å². The van der Waals surface area contributed by atoms with Crippen molar-refractivity contribution in [2.24, 2.45) is 22.7 Å². The van der Waals surface area contributed by atoms with Crippen LogP contribution in [-0.2, 0) is 52.2 Å². The molecule has 8 N–H and O–H groups in total. The summed E-state index contributed by atoms with van der Waals surface area (Å²) < 4.78 is 55.0. The number of benzene rings is 1. The van der Waals surface area contributed by atoms with Crippen molar-refractivity contribution in [2.45, 2.75) is 209 Å². The van der Waals surface area contributed by atoms with E-state index in [1.54, 1.807) is 71.0 Å². The molecule has 7 aliphatic rings. The fourth-order valence-electron chi connectivity index (χ4n) is 13.4. The molecule has 0 unspecified atom stereocenters. The van der Waals surface area contributed by atoms with Crippen molar-refractivity contribution in [1.82, 2.24) is 0 Å². The van der Waals surface area contributed by atoms with Gasteiger partial charge in [0.05, 0.1) is 36.6 Å². The second-order valence-electron chi connectivity index (χ2n) is 21.5. The quantitative estimate of drug-likeness (QED) is 0.0784. The lowest BCUT2D eigenvalue weighted by Gasteiger charge is -2.68. The average Bonchev–Trinajstić information content (AvgIpc) is 3.64. The molecule has 23 atom stereocenters. The zero-order valence-corrected chi connectivity index (χ0v) is 42.1. The largest absolute Gasteiger partial charge is 0.455 e. The molecule has 0 spiro atoms. The minimum atomic E-state index is -1.97. The molecule has 20 heteroatoms. The first-order chi connectivity index (χ1) is 34.0. The first-order valence-electron chi connectivity index (χ1n) is 25.2. The third-order valence-electron chi connectivity index (χ3n) is 17.5. The van der Waals surface area contributed by atoms with Crippen LogP contribution in [0, 0.1) is 22.7 Å². The summed E-state index contributed by atoms with van der Waals surface area (Å²) in [5.74, 6) is -3.55. The number of Topliss-reactive ketones (excluding diaryl/α,β-unsaturated/α-hetero) is 1. The predicted octanol–water partition coefficient (Wildman–Crippen LogP) is 1.28. The van der Waals surface area contributed by atoms with Crippen molar-refractivity contribution in [3.05, 3.63) is 59.2 Å². The van der Waals surface area contributed by atoms with Crippen LogP contribution in [-0.4, -0.2) is 188 Å². The van der Waals surface area contributed by atoms with Crippen LogP contribution < -0.4 is 0 Å². The summed E-state index contributed by atoms with van der Waals surface area (Å²) in [5.41, 5.74) is -5.09. The van der Waals surface area contributed by atoms with Crippen LogP contribution in [0.15, 0.2) is 53.6 Å². The van der Waals surface area contributed by atoms with Crippen LogP contribution >= 0.6 is 0 Å². The van der Waals surface area contributed by atoms with Gasteiger partial charge < -0.3 is 83.5 Å². The lowest BCUT2D eigenvalue weighted by molar-refractivity contribution is -0.370. The van der Waals surface area contributed by atoms with E-state index in [9.17, 15) is 55.2 Å². The maximum atomic E-state index is 14.1.